The molecule has 0 radical (unpaired) electrons. The minimum Gasteiger partial charge on any atom is -0.340 e. The zero-order chi connectivity index (χ0) is 13.1. The van der Waals surface area contributed by atoms with E-state index in [0.29, 0.717) is 12.3 Å². The minimum absolute atomic E-state index is 0.333. The van der Waals surface area contributed by atoms with Crippen molar-refractivity contribution >= 4 is 17.2 Å². The largest absolute Gasteiger partial charge is 0.340 e. The number of hydrogen-bond acceptors (Lipinski definition) is 3. The van der Waals surface area contributed by atoms with E-state index in [-0.39, 0.29) is 0 Å². The summed E-state index contributed by atoms with van der Waals surface area (Å²) >= 11 is 1.75. The van der Waals surface area contributed by atoms with Gasteiger partial charge >= 0.3 is 0 Å². The van der Waals surface area contributed by atoms with E-state index in [1.165, 1.54) is 24.3 Å². The highest BCUT2D eigenvalue weighted by molar-refractivity contribution is 7.09. The third-order valence-electron chi connectivity index (χ3n) is 4.10. The molecular formula is C15H22N2OS. The van der Waals surface area contributed by atoms with Gasteiger partial charge in [0.2, 0.25) is 5.91 Å². The first-order valence-electron chi connectivity index (χ1n) is 7.34. The van der Waals surface area contributed by atoms with Crippen LogP contribution in [0.25, 0.3) is 0 Å². The molecule has 0 unspecified atom stereocenters. The van der Waals surface area contributed by atoms with E-state index in [4.69, 9.17) is 0 Å². The maximum atomic E-state index is 12.1. The molecule has 1 saturated heterocycles. The van der Waals surface area contributed by atoms with Gasteiger partial charge < -0.3 is 4.90 Å². The van der Waals surface area contributed by atoms with Crippen LogP contribution in [0.2, 0.25) is 0 Å². The van der Waals surface area contributed by atoms with Crippen LogP contribution < -0.4 is 0 Å². The predicted molar refractivity (Wildman–Crippen MR) is 78.4 cm³/mol. The second-order valence-corrected chi connectivity index (χ2v) is 6.74. The zero-order valence-corrected chi connectivity index (χ0v) is 12.2. The Labute approximate surface area is 119 Å². The highest BCUT2D eigenvalue weighted by Gasteiger charge is 2.27. The van der Waals surface area contributed by atoms with Crippen LogP contribution in [0.15, 0.2) is 17.5 Å². The summed E-state index contributed by atoms with van der Waals surface area (Å²) in [7, 11) is 0. The number of aryl methyl sites for hydroxylation is 1. The molecule has 0 bridgehead atoms. The Kier molecular flexibility index (Phi) is 4.18. The molecule has 1 aromatic heterocycles. The number of piperazine rings is 1. The van der Waals surface area contributed by atoms with Crippen molar-refractivity contribution in [2.45, 2.75) is 25.7 Å². The first-order chi connectivity index (χ1) is 9.31. The molecule has 1 aromatic rings. The first-order valence-corrected chi connectivity index (χ1v) is 8.22. The molecule has 0 N–H and O–H groups in total. The van der Waals surface area contributed by atoms with Gasteiger partial charge in [-0.3, -0.25) is 9.69 Å². The third-order valence-corrected chi connectivity index (χ3v) is 5.04. The van der Waals surface area contributed by atoms with Crippen LogP contribution in [0.1, 0.15) is 24.1 Å². The van der Waals surface area contributed by atoms with Crippen LogP contribution in [0, 0.1) is 5.92 Å². The molecule has 2 aliphatic rings. The van der Waals surface area contributed by atoms with Gasteiger partial charge in [0.05, 0.1) is 0 Å². The van der Waals surface area contributed by atoms with Crippen molar-refractivity contribution in [3.63, 3.8) is 0 Å². The highest BCUT2D eigenvalue weighted by atomic mass is 32.1. The molecule has 1 saturated carbocycles. The number of carbonyl (C=O) groups is 1. The van der Waals surface area contributed by atoms with Gasteiger partial charge in [0, 0.05) is 44.0 Å². The standard InChI is InChI=1S/C15H22N2OS/c18-15(6-5-14-2-1-11-19-14)17-9-7-16(8-10-17)12-13-3-4-13/h1-2,11,13H,3-10,12H2. The summed E-state index contributed by atoms with van der Waals surface area (Å²) in [5.74, 6) is 1.29. The van der Waals surface area contributed by atoms with Gasteiger partial charge in [-0.1, -0.05) is 6.07 Å². The number of nitrogens with zero attached hydrogens (tertiary/aromatic N) is 2. The summed E-state index contributed by atoms with van der Waals surface area (Å²) in [6.07, 6.45) is 4.40. The van der Waals surface area contributed by atoms with Gasteiger partial charge in [-0.25, -0.2) is 0 Å². The van der Waals surface area contributed by atoms with Crippen LogP contribution in [0.5, 0.6) is 0 Å². The van der Waals surface area contributed by atoms with Crippen LogP contribution >= 0.6 is 11.3 Å². The molecular weight excluding hydrogens is 256 g/mol. The topological polar surface area (TPSA) is 23.6 Å². The second-order valence-electron chi connectivity index (χ2n) is 5.70. The molecule has 4 heteroatoms. The van der Waals surface area contributed by atoms with E-state index >= 15 is 0 Å². The van der Waals surface area contributed by atoms with Crippen LogP contribution in [-0.2, 0) is 11.2 Å². The van der Waals surface area contributed by atoms with E-state index < -0.39 is 0 Å². The van der Waals surface area contributed by atoms with Crippen molar-refractivity contribution < 1.29 is 4.79 Å². The van der Waals surface area contributed by atoms with Gasteiger partial charge in [-0.15, -0.1) is 11.3 Å². The lowest BCUT2D eigenvalue weighted by Crippen LogP contribution is -2.49. The quantitative estimate of drug-likeness (QED) is 0.824. The van der Waals surface area contributed by atoms with Crippen molar-refractivity contribution in [1.82, 2.24) is 9.80 Å². The maximum Gasteiger partial charge on any atom is 0.223 e. The number of amides is 1. The first kappa shape index (κ1) is 13.1. The molecule has 19 heavy (non-hydrogen) atoms. The molecule has 1 aliphatic heterocycles. The van der Waals surface area contributed by atoms with Gasteiger partial charge in [0.15, 0.2) is 0 Å². The van der Waals surface area contributed by atoms with E-state index in [0.717, 1.165) is 38.5 Å². The smallest absolute Gasteiger partial charge is 0.223 e. The molecule has 3 nitrogen and oxygen atoms in total. The van der Waals surface area contributed by atoms with E-state index in [2.05, 4.69) is 27.3 Å². The SMILES string of the molecule is O=C(CCc1cccs1)N1CCN(CC2CC2)CC1. The molecule has 0 spiro atoms. The monoisotopic (exact) mass is 278 g/mol. The lowest BCUT2D eigenvalue weighted by atomic mass is 10.2. The van der Waals surface area contributed by atoms with E-state index in [1.54, 1.807) is 11.3 Å². The normalized spacial score (nSPS) is 20.7. The van der Waals surface area contributed by atoms with Crippen molar-refractivity contribution in [3.05, 3.63) is 22.4 Å². The van der Waals surface area contributed by atoms with E-state index in [1.807, 2.05) is 0 Å². The van der Waals surface area contributed by atoms with E-state index in [9.17, 15) is 4.79 Å². The molecule has 1 aliphatic carbocycles. The van der Waals surface area contributed by atoms with Crippen molar-refractivity contribution in [2.24, 2.45) is 5.92 Å². The maximum absolute atomic E-state index is 12.1. The lowest BCUT2D eigenvalue weighted by molar-refractivity contribution is -0.132. The summed E-state index contributed by atoms with van der Waals surface area (Å²) < 4.78 is 0. The fraction of sp³-hybridized carbons (Fsp3) is 0.667. The number of thiophene rings is 1. The predicted octanol–water partition coefficient (Wildman–Crippen LogP) is 2.23. The Morgan fingerprint density at radius 3 is 2.68 bits per heavy atom. The number of hydrogen-bond donors (Lipinski definition) is 0. The molecule has 2 heterocycles. The summed E-state index contributed by atoms with van der Waals surface area (Å²) in [6.45, 7) is 5.26. The molecule has 104 valence electrons. The summed E-state index contributed by atoms with van der Waals surface area (Å²) in [6, 6.07) is 4.17. The van der Waals surface area contributed by atoms with Crippen LogP contribution in [-0.4, -0.2) is 48.4 Å². The second kappa shape index (κ2) is 6.06. The fourth-order valence-corrected chi connectivity index (χ4v) is 3.40. The lowest BCUT2D eigenvalue weighted by Gasteiger charge is -2.34. The molecule has 2 fully saturated rings. The van der Waals surface area contributed by atoms with Crippen molar-refractivity contribution in [2.75, 3.05) is 32.7 Å². The Hall–Kier alpha value is -0.870. The van der Waals surface area contributed by atoms with Gasteiger partial charge in [0.25, 0.3) is 0 Å². The highest BCUT2D eigenvalue weighted by Crippen LogP contribution is 2.29. The molecule has 1 amide bonds. The molecule has 0 aromatic carbocycles. The average Bonchev–Trinajstić information content (AvgIpc) is 3.09. The zero-order valence-electron chi connectivity index (χ0n) is 11.4. The van der Waals surface area contributed by atoms with Gasteiger partial charge in [-0.2, -0.15) is 0 Å². The fourth-order valence-electron chi connectivity index (χ4n) is 2.69. The Morgan fingerprint density at radius 2 is 2.05 bits per heavy atom. The summed E-state index contributed by atoms with van der Waals surface area (Å²) in [5, 5.41) is 2.08. The Morgan fingerprint density at radius 1 is 1.26 bits per heavy atom. The number of rotatable bonds is 5. The van der Waals surface area contributed by atoms with Crippen LogP contribution in [0.4, 0.5) is 0 Å². The minimum atomic E-state index is 0.333. The van der Waals surface area contributed by atoms with Gasteiger partial charge in [0.1, 0.15) is 0 Å². The third kappa shape index (κ3) is 3.80. The van der Waals surface area contributed by atoms with Crippen LogP contribution in [0.3, 0.4) is 0 Å². The summed E-state index contributed by atoms with van der Waals surface area (Å²) in [5.41, 5.74) is 0. The summed E-state index contributed by atoms with van der Waals surface area (Å²) in [4.78, 5) is 18.0. The Balaban J connectivity index is 1.38. The Bertz CT molecular complexity index is 406. The molecule has 3 rings (SSSR count). The average molecular weight is 278 g/mol. The number of carbonyl (C=O) groups excluding carboxylic acids is 1. The van der Waals surface area contributed by atoms with Crippen molar-refractivity contribution in [1.29, 1.82) is 0 Å². The molecule has 0 atom stereocenters. The van der Waals surface area contributed by atoms with Crippen molar-refractivity contribution in [3.8, 4) is 0 Å². The van der Waals surface area contributed by atoms with Gasteiger partial charge in [-0.05, 0) is 36.6 Å².